The molecule has 2 heterocycles. The molecule has 0 aliphatic rings. The number of aryl methyl sites for hydroxylation is 1. The van der Waals surface area contributed by atoms with Crippen LogP contribution in [-0.4, -0.2) is 9.55 Å². The third-order valence-corrected chi connectivity index (χ3v) is 5.31. The van der Waals surface area contributed by atoms with Gasteiger partial charge in [-0.1, -0.05) is 18.2 Å². The second-order valence-electron chi connectivity index (χ2n) is 6.21. The van der Waals surface area contributed by atoms with E-state index in [-0.39, 0.29) is 16.8 Å². The predicted molar refractivity (Wildman–Crippen MR) is 105 cm³/mol. The molecule has 29 heavy (non-hydrogen) atoms. The highest BCUT2D eigenvalue weighted by Crippen LogP contribution is 2.25. The zero-order chi connectivity index (χ0) is 20.7. The third-order valence-electron chi connectivity index (χ3n) is 4.41. The van der Waals surface area contributed by atoms with Crippen molar-refractivity contribution in [3.8, 4) is 5.69 Å². The Bertz CT molecular complexity index is 1340. The van der Waals surface area contributed by atoms with Crippen LogP contribution in [0.15, 0.2) is 46.6 Å². The molecule has 0 spiro atoms. The highest BCUT2D eigenvalue weighted by atomic mass is 32.1. The molecule has 0 aliphatic heterocycles. The number of hydrogen-bond donors (Lipinski definition) is 0. The summed E-state index contributed by atoms with van der Waals surface area (Å²) >= 11 is 1.28. The molecule has 0 amide bonds. The van der Waals surface area contributed by atoms with Crippen LogP contribution in [0.25, 0.3) is 28.7 Å². The average molecular weight is 416 g/mol. The third kappa shape index (κ3) is 3.25. The van der Waals surface area contributed by atoms with E-state index in [0.717, 1.165) is 16.7 Å². The summed E-state index contributed by atoms with van der Waals surface area (Å²) in [7, 11) is 0. The highest BCUT2D eigenvalue weighted by molar-refractivity contribution is 7.11. The smallest absolute Gasteiger partial charge is 0.267 e. The second kappa shape index (κ2) is 7.29. The van der Waals surface area contributed by atoms with Crippen molar-refractivity contribution >= 4 is 34.4 Å². The Morgan fingerprint density at radius 1 is 0.966 bits per heavy atom. The lowest BCUT2D eigenvalue weighted by Crippen LogP contribution is -2.23. The summed E-state index contributed by atoms with van der Waals surface area (Å²) in [6, 6.07) is 7.63. The largest absolute Gasteiger partial charge is 0.268 e. The molecule has 0 bridgehead atoms. The molecule has 2 aromatic carbocycles. The van der Waals surface area contributed by atoms with Crippen LogP contribution in [0.2, 0.25) is 0 Å². The van der Waals surface area contributed by atoms with Crippen molar-refractivity contribution in [2.24, 2.45) is 0 Å². The second-order valence-corrected chi connectivity index (χ2v) is 7.30. The molecule has 0 aliphatic carbocycles. The SMILES string of the molecule is Cc1scc2nc(/C=C/c3ccccc3F)n(-c3ccc(F)c(F)c3F)c(=O)c12. The van der Waals surface area contributed by atoms with E-state index in [1.807, 2.05) is 0 Å². The van der Waals surface area contributed by atoms with Crippen molar-refractivity contribution in [2.75, 3.05) is 0 Å². The zero-order valence-electron chi connectivity index (χ0n) is 14.9. The number of thiophene rings is 1. The Hall–Kier alpha value is -3.26. The summed E-state index contributed by atoms with van der Waals surface area (Å²) in [5.41, 5.74) is -0.514. The summed E-state index contributed by atoms with van der Waals surface area (Å²) in [4.78, 5) is 18.1. The van der Waals surface area contributed by atoms with Gasteiger partial charge in [0.05, 0.1) is 16.6 Å². The number of rotatable bonds is 3. The fourth-order valence-corrected chi connectivity index (χ4v) is 3.75. The van der Waals surface area contributed by atoms with Gasteiger partial charge in [0.15, 0.2) is 17.5 Å². The van der Waals surface area contributed by atoms with Crippen molar-refractivity contribution in [1.29, 1.82) is 0 Å². The minimum Gasteiger partial charge on any atom is -0.268 e. The number of nitrogens with zero attached hydrogens (tertiary/aromatic N) is 2. The number of fused-ring (bicyclic) bond motifs is 1. The molecule has 0 N–H and O–H groups in total. The summed E-state index contributed by atoms with van der Waals surface area (Å²) in [6.45, 7) is 1.71. The molecule has 2 aromatic heterocycles. The molecular weight excluding hydrogens is 404 g/mol. The maximum absolute atomic E-state index is 14.5. The molecule has 3 nitrogen and oxygen atoms in total. The van der Waals surface area contributed by atoms with Crippen LogP contribution in [0, 0.1) is 30.2 Å². The van der Waals surface area contributed by atoms with Gasteiger partial charge in [-0.15, -0.1) is 11.3 Å². The van der Waals surface area contributed by atoms with E-state index in [2.05, 4.69) is 4.98 Å². The molecule has 8 heteroatoms. The lowest BCUT2D eigenvalue weighted by atomic mass is 10.2. The Kier molecular flexibility index (Phi) is 4.79. The standard InChI is InChI=1S/C21H12F4N2OS/c1-11-18-15(10-29-11)26-17(9-6-12-4-2-3-5-13(12)22)27(21(18)28)16-8-7-14(23)19(24)20(16)25/h2-10H,1H3/b9-6+. The van der Waals surface area contributed by atoms with Crippen LogP contribution < -0.4 is 5.56 Å². The highest BCUT2D eigenvalue weighted by Gasteiger charge is 2.20. The molecule has 0 atom stereocenters. The molecule has 146 valence electrons. The molecule has 0 fully saturated rings. The molecule has 0 saturated heterocycles. The van der Waals surface area contributed by atoms with Gasteiger partial charge in [-0.05, 0) is 37.3 Å². The summed E-state index contributed by atoms with van der Waals surface area (Å²) in [6.07, 6.45) is 2.70. The number of hydrogen-bond acceptors (Lipinski definition) is 3. The van der Waals surface area contributed by atoms with Gasteiger partial charge in [-0.3, -0.25) is 9.36 Å². The Labute approximate surface area is 166 Å². The van der Waals surface area contributed by atoms with Crippen LogP contribution in [0.4, 0.5) is 17.6 Å². The van der Waals surface area contributed by atoms with E-state index in [0.29, 0.717) is 10.4 Å². The van der Waals surface area contributed by atoms with E-state index >= 15 is 0 Å². The quantitative estimate of drug-likeness (QED) is 0.327. The van der Waals surface area contributed by atoms with Gasteiger partial charge in [-0.2, -0.15) is 0 Å². The van der Waals surface area contributed by atoms with Crippen LogP contribution in [-0.2, 0) is 0 Å². The van der Waals surface area contributed by atoms with Crippen molar-refractivity contribution in [3.63, 3.8) is 0 Å². The zero-order valence-corrected chi connectivity index (χ0v) is 15.7. The molecule has 0 radical (unpaired) electrons. The fraction of sp³-hybridized carbons (Fsp3) is 0.0476. The maximum Gasteiger partial charge on any atom is 0.267 e. The van der Waals surface area contributed by atoms with Crippen LogP contribution >= 0.6 is 11.3 Å². The van der Waals surface area contributed by atoms with E-state index < -0.39 is 34.5 Å². The van der Waals surface area contributed by atoms with Gasteiger partial charge >= 0.3 is 0 Å². The molecular formula is C21H12F4N2OS. The van der Waals surface area contributed by atoms with Crippen LogP contribution in [0.1, 0.15) is 16.3 Å². The van der Waals surface area contributed by atoms with Gasteiger partial charge < -0.3 is 0 Å². The van der Waals surface area contributed by atoms with Crippen molar-refractivity contribution < 1.29 is 17.6 Å². The minimum atomic E-state index is -1.69. The van der Waals surface area contributed by atoms with E-state index in [1.54, 1.807) is 18.4 Å². The first-order valence-corrected chi connectivity index (χ1v) is 9.33. The van der Waals surface area contributed by atoms with Gasteiger partial charge in [0.1, 0.15) is 11.6 Å². The van der Waals surface area contributed by atoms with Gasteiger partial charge in [0.2, 0.25) is 0 Å². The summed E-state index contributed by atoms with van der Waals surface area (Å²) in [5, 5.41) is 1.92. The first-order chi connectivity index (χ1) is 13.9. The lowest BCUT2D eigenvalue weighted by molar-refractivity contribution is 0.444. The predicted octanol–water partition coefficient (Wildman–Crippen LogP) is 5.48. The topological polar surface area (TPSA) is 34.9 Å². The molecule has 4 rings (SSSR count). The van der Waals surface area contributed by atoms with E-state index in [1.165, 1.54) is 41.7 Å². The fourth-order valence-electron chi connectivity index (χ4n) is 2.98. The molecule has 0 unspecified atom stereocenters. The van der Waals surface area contributed by atoms with E-state index in [4.69, 9.17) is 0 Å². The number of benzene rings is 2. The van der Waals surface area contributed by atoms with Crippen molar-refractivity contribution in [3.05, 3.63) is 91.7 Å². The number of halogens is 4. The first kappa shape index (κ1) is 19.1. The minimum absolute atomic E-state index is 0.0477. The van der Waals surface area contributed by atoms with Crippen molar-refractivity contribution in [2.45, 2.75) is 6.92 Å². The normalized spacial score (nSPS) is 11.6. The monoisotopic (exact) mass is 416 g/mol. The van der Waals surface area contributed by atoms with Crippen molar-refractivity contribution in [1.82, 2.24) is 9.55 Å². The van der Waals surface area contributed by atoms with Gasteiger partial charge in [0.25, 0.3) is 5.56 Å². The molecule has 4 aromatic rings. The Morgan fingerprint density at radius 2 is 1.72 bits per heavy atom. The Morgan fingerprint density at radius 3 is 2.48 bits per heavy atom. The van der Waals surface area contributed by atoms with Gasteiger partial charge in [-0.25, -0.2) is 22.5 Å². The lowest BCUT2D eigenvalue weighted by Gasteiger charge is -2.12. The molecule has 0 saturated carbocycles. The summed E-state index contributed by atoms with van der Waals surface area (Å²) < 4.78 is 56.5. The van der Waals surface area contributed by atoms with E-state index in [9.17, 15) is 22.4 Å². The average Bonchev–Trinajstić information content (AvgIpc) is 3.07. The van der Waals surface area contributed by atoms with Crippen LogP contribution in [0.3, 0.4) is 0 Å². The first-order valence-electron chi connectivity index (χ1n) is 8.46. The van der Waals surface area contributed by atoms with Crippen LogP contribution in [0.5, 0.6) is 0 Å². The summed E-state index contributed by atoms with van der Waals surface area (Å²) in [5.74, 6) is -5.12. The number of aromatic nitrogens is 2. The van der Waals surface area contributed by atoms with Gasteiger partial charge in [0, 0.05) is 15.8 Å². The Balaban J connectivity index is 2.02. The maximum atomic E-state index is 14.5.